The van der Waals surface area contributed by atoms with Crippen molar-refractivity contribution in [2.24, 2.45) is 5.41 Å². The van der Waals surface area contributed by atoms with Gasteiger partial charge in [0.05, 0.1) is 36.0 Å². The average molecular weight is 609 g/mol. The van der Waals surface area contributed by atoms with Crippen molar-refractivity contribution >= 4 is 39.2 Å². The van der Waals surface area contributed by atoms with Crippen molar-refractivity contribution in [3.8, 4) is 5.75 Å². The van der Waals surface area contributed by atoms with Crippen molar-refractivity contribution in [3.05, 3.63) is 74.8 Å². The Morgan fingerprint density at radius 2 is 1.86 bits per heavy atom. The van der Waals surface area contributed by atoms with E-state index in [4.69, 9.17) is 9.15 Å². The molecule has 2 aliphatic heterocycles. The molecular formula is C28H23F5N3O5S-. The number of rotatable bonds is 5. The van der Waals surface area contributed by atoms with Gasteiger partial charge >= 0.3 is 5.97 Å². The van der Waals surface area contributed by atoms with E-state index in [-0.39, 0.29) is 17.0 Å². The first-order valence-corrected chi connectivity index (χ1v) is 13.8. The van der Waals surface area contributed by atoms with E-state index in [0.717, 1.165) is 16.4 Å². The van der Waals surface area contributed by atoms with Crippen molar-refractivity contribution in [2.75, 3.05) is 36.3 Å². The van der Waals surface area contributed by atoms with Crippen LogP contribution in [0.4, 0.5) is 32.9 Å². The molecule has 0 unspecified atom stereocenters. The van der Waals surface area contributed by atoms with Gasteiger partial charge in [0, 0.05) is 24.0 Å². The lowest BCUT2D eigenvalue weighted by Gasteiger charge is -2.41. The van der Waals surface area contributed by atoms with E-state index >= 15 is 0 Å². The number of ether oxygens (including phenoxy) is 2. The number of carbonyl (C=O) groups is 1. The van der Waals surface area contributed by atoms with Crippen molar-refractivity contribution in [1.82, 2.24) is 4.98 Å². The second kappa shape index (κ2) is 10.5. The summed E-state index contributed by atoms with van der Waals surface area (Å²) in [5.41, 5.74) is 0.699. The smallest absolute Gasteiger partial charge is 0.343 e. The summed E-state index contributed by atoms with van der Waals surface area (Å²) < 4.78 is 84.6. The highest BCUT2D eigenvalue weighted by molar-refractivity contribution is 7.16. The first kappa shape index (κ1) is 28.4. The Balaban J connectivity index is 1.26. The molecule has 222 valence electrons. The number of hydrogen-bond donors (Lipinski definition) is 0. The molecule has 0 spiro atoms. The van der Waals surface area contributed by atoms with Crippen molar-refractivity contribution in [3.63, 3.8) is 0 Å². The largest absolute Gasteiger partial charge is 0.757 e. The van der Waals surface area contributed by atoms with Crippen LogP contribution in [-0.4, -0.2) is 43.3 Å². The van der Waals surface area contributed by atoms with Crippen LogP contribution in [0.2, 0.25) is 0 Å². The van der Waals surface area contributed by atoms with Gasteiger partial charge in [-0.15, -0.1) is 0 Å². The molecule has 0 bridgehead atoms. The molecule has 0 amide bonds. The molecule has 14 heteroatoms. The highest BCUT2D eigenvalue weighted by atomic mass is 32.1. The molecular weight excluding hydrogens is 585 g/mol. The van der Waals surface area contributed by atoms with Gasteiger partial charge in [-0.05, 0) is 36.5 Å². The zero-order valence-corrected chi connectivity index (χ0v) is 23.1. The molecule has 2 aromatic carbocycles. The number of anilines is 2. The van der Waals surface area contributed by atoms with E-state index in [1.54, 1.807) is 0 Å². The minimum Gasteiger partial charge on any atom is -0.757 e. The molecule has 0 radical (unpaired) electrons. The predicted octanol–water partition coefficient (Wildman–Crippen LogP) is 6.14. The molecule has 1 atom stereocenters. The number of nitrogens with zero attached hydrogens (tertiary/aromatic N) is 3. The SMILES string of the molecule is CC1(C)Cc2sc(N3CCOC[C@@H]3Cc3coc4ccc(C(=O)Oc5c(F)c(F)c(F)c(F)c5F)cc34)nc2N([O-])C1. The molecule has 42 heavy (non-hydrogen) atoms. The van der Waals surface area contributed by atoms with Crippen LogP contribution in [0.1, 0.15) is 34.6 Å². The average Bonchev–Trinajstić information content (AvgIpc) is 3.56. The molecule has 4 heterocycles. The third-order valence-electron chi connectivity index (χ3n) is 7.29. The first-order chi connectivity index (χ1) is 19.9. The number of carbonyl (C=O) groups excluding carboxylic acids is 1. The highest BCUT2D eigenvalue weighted by Gasteiger charge is 2.34. The number of fused-ring (bicyclic) bond motifs is 2. The van der Waals surface area contributed by atoms with Gasteiger partial charge < -0.3 is 29.1 Å². The maximum absolute atomic E-state index is 14.1. The molecule has 2 aromatic heterocycles. The lowest BCUT2D eigenvalue weighted by Crippen LogP contribution is -2.46. The van der Waals surface area contributed by atoms with Crippen LogP contribution in [0.25, 0.3) is 11.0 Å². The Morgan fingerprint density at radius 1 is 1.14 bits per heavy atom. The fourth-order valence-corrected chi connectivity index (χ4v) is 6.65. The summed E-state index contributed by atoms with van der Waals surface area (Å²) in [6.45, 7) is 5.78. The number of hydroxylamine groups is 1. The standard InChI is InChI=1S/C28H23F5N3O5S/c1-28(2)9-18-25(36(38)12-28)34-27(42-18)35-5-6-39-11-15(35)7-14-10-40-17-4-3-13(8-16(14)17)26(37)41-24-22(32)20(30)19(29)21(31)23(24)33/h3-4,8,10,15H,5-7,9,11-12H2,1-2H3/q-1/t15-/m0/s1. The summed E-state index contributed by atoms with van der Waals surface area (Å²) in [5, 5.41) is 14.8. The fraction of sp³-hybridized carbons (Fsp3) is 0.357. The summed E-state index contributed by atoms with van der Waals surface area (Å²) in [6, 6.07) is 3.83. The molecule has 6 rings (SSSR count). The van der Waals surface area contributed by atoms with E-state index in [9.17, 15) is 32.0 Å². The van der Waals surface area contributed by atoms with Crippen LogP contribution in [0.3, 0.4) is 0 Å². The van der Waals surface area contributed by atoms with Crippen LogP contribution < -0.4 is 14.7 Å². The van der Waals surface area contributed by atoms with Crippen LogP contribution in [-0.2, 0) is 17.6 Å². The Hall–Kier alpha value is -3.75. The molecule has 0 saturated carbocycles. The van der Waals surface area contributed by atoms with Gasteiger partial charge in [-0.25, -0.2) is 22.9 Å². The van der Waals surface area contributed by atoms with E-state index in [0.29, 0.717) is 60.2 Å². The second-order valence-corrected chi connectivity index (χ2v) is 12.1. The topological polar surface area (TPSA) is 91.1 Å². The number of benzene rings is 2. The maximum Gasteiger partial charge on any atom is 0.343 e. The number of morpholine rings is 1. The molecule has 4 aromatic rings. The van der Waals surface area contributed by atoms with Crippen LogP contribution in [0.5, 0.6) is 5.75 Å². The monoisotopic (exact) mass is 608 g/mol. The number of hydrogen-bond acceptors (Lipinski definition) is 9. The fourth-order valence-electron chi connectivity index (χ4n) is 5.24. The number of esters is 1. The predicted molar refractivity (Wildman–Crippen MR) is 143 cm³/mol. The van der Waals surface area contributed by atoms with Gasteiger partial charge in [-0.1, -0.05) is 25.2 Å². The molecule has 1 saturated heterocycles. The summed E-state index contributed by atoms with van der Waals surface area (Å²) in [7, 11) is 0. The van der Waals surface area contributed by atoms with E-state index in [1.807, 2.05) is 13.8 Å². The summed E-state index contributed by atoms with van der Waals surface area (Å²) in [4.78, 5) is 20.4. The third kappa shape index (κ3) is 4.96. The summed E-state index contributed by atoms with van der Waals surface area (Å²) in [5.74, 6) is -13.9. The first-order valence-electron chi connectivity index (χ1n) is 13.0. The molecule has 2 aliphatic rings. The van der Waals surface area contributed by atoms with Crippen LogP contribution in [0, 0.1) is 39.7 Å². The Morgan fingerprint density at radius 3 is 2.60 bits per heavy atom. The van der Waals surface area contributed by atoms with Gasteiger partial charge in [-0.2, -0.15) is 8.78 Å². The Bertz CT molecular complexity index is 1680. The third-order valence-corrected chi connectivity index (χ3v) is 8.38. The van der Waals surface area contributed by atoms with Crippen molar-refractivity contribution in [2.45, 2.75) is 32.7 Å². The van der Waals surface area contributed by atoms with E-state index in [1.165, 1.54) is 35.8 Å². The van der Waals surface area contributed by atoms with Crippen LogP contribution in [0.15, 0.2) is 28.9 Å². The van der Waals surface area contributed by atoms with Crippen molar-refractivity contribution < 1.29 is 40.6 Å². The molecule has 1 fully saturated rings. The van der Waals surface area contributed by atoms with Gasteiger partial charge in [0.2, 0.25) is 34.8 Å². The Kier molecular flexibility index (Phi) is 7.10. The Labute approximate surface area is 239 Å². The molecule has 0 N–H and O–H groups in total. The maximum atomic E-state index is 14.1. The quantitative estimate of drug-likeness (QED) is 0.0878. The number of thiazole rings is 1. The van der Waals surface area contributed by atoms with Crippen molar-refractivity contribution in [1.29, 1.82) is 0 Å². The zero-order valence-electron chi connectivity index (χ0n) is 22.3. The zero-order chi connectivity index (χ0) is 29.9. The lowest BCUT2D eigenvalue weighted by atomic mass is 9.86. The van der Waals surface area contributed by atoms with Gasteiger partial charge in [0.15, 0.2) is 5.13 Å². The van der Waals surface area contributed by atoms with Crippen LogP contribution >= 0.6 is 11.3 Å². The minimum atomic E-state index is -2.36. The summed E-state index contributed by atoms with van der Waals surface area (Å²) in [6.07, 6.45) is 2.63. The number of furan rings is 1. The normalized spacial score (nSPS) is 18.4. The number of aromatic nitrogens is 1. The highest BCUT2D eigenvalue weighted by Crippen LogP contribution is 2.42. The number of halogens is 5. The van der Waals surface area contributed by atoms with Gasteiger partial charge in [0.25, 0.3) is 0 Å². The summed E-state index contributed by atoms with van der Waals surface area (Å²) >= 11 is 1.48. The molecule has 0 aliphatic carbocycles. The van der Waals surface area contributed by atoms with Gasteiger partial charge in [0.1, 0.15) is 11.4 Å². The van der Waals surface area contributed by atoms with E-state index < -0.39 is 40.8 Å². The molecule has 8 nitrogen and oxygen atoms in total. The minimum absolute atomic E-state index is 0.173. The van der Waals surface area contributed by atoms with Gasteiger partial charge in [-0.3, -0.25) is 0 Å². The van der Waals surface area contributed by atoms with E-state index in [2.05, 4.69) is 14.6 Å². The second-order valence-electron chi connectivity index (χ2n) is 11.0. The lowest BCUT2D eigenvalue weighted by molar-refractivity contribution is 0.0716.